The summed E-state index contributed by atoms with van der Waals surface area (Å²) in [5.74, 6) is 0. The van der Waals surface area contributed by atoms with Crippen LogP contribution in [-0.4, -0.2) is 6.29 Å². The molecule has 0 heterocycles. The predicted molar refractivity (Wildman–Crippen MR) is 157 cm³/mol. The van der Waals surface area contributed by atoms with Crippen molar-refractivity contribution in [1.82, 2.24) is 0 Å². The number of aldehydes is 1. The predicted octanol–water partition coefficient (Wildman–Crippen LogP) is 8.92. The van der Waals surface area contributed by atoms with E-state index in [0.717, 1.165) is 47.9 Å². The van der Waals surface area contributed by atoms with E-state index >= 15 is 0 Å². The van der Waals surface area contributed by atoms with Gasteiger partial charge in [-0.15, -0.1) is 0 Å². The lowest BCUT2D eigenvalue weighted by Crippen LogP contribution is -2.32. The Morgan fingerprint density at radius 3 is 2.05 bits per heavy atom. The summed E-state index contributed by atoms with van der Waals surface area (Å²) in [7, 11) is 0. The standard InChI is InChI=1S/C36H31NO/c38-26-34-32(28-15-5-2-6-16-28)22-12-24-36(34)37(35-23-11-19-29-17-7-10-21-33(29)35)25-30-18-8-9-20-31(30)27-13-3-1-4-14-27/h1-10,12-18,20-22,24,26,35H,11,19,23,25H2/t35-/m0/s1. The molecule has 2 heteroatoms. The molecule has 2 nitrogen and oxygen atoms in total. The molecule has 5 aromatic carbocycles. The average Bonchev–Trinajstić information content (AvgIpc) is 3.00. The topological polar surface area (TPSA) is 20.3 Å². The van der Waals surface area contributed by atoms with Crippen LogP contribution in [0.15, 0.2) is 127 Å². The number of fused-ring (bicyclic) bond motifs is 1. The minimum atomic E-state index is 0.188. The van der Waals surface area contributed by atoms with E-state index in [2.05, 4.69) is 114 Å². The van der Waals surface area contributed by atoms with Crippen LogP contribution in [0.4, 0.5) is 5.69 Å². The quantitative estimate of drug-likeness (QED) is 0.211. The second-order valence-electron chi connectivity index (χ2n) is 9.98. The molecule has 0 aliphatic heterocycles. The van der Waals surface area contributed by atoms with E-state index < -0.39 is 0 Å². The molecule has 0 spiro atoms. The minimum Gasteiger partial charge on any atom is -0.360 e. The van der Waals surface area contributed by atoms with Crippen molar-refractivity contribution in [1.29, 1.82) is 0 Å². The van der Waals surface area contributed by atoms with Crippen LogP contribution in [0.3, 0.4) is 0 Å². The third-order valence-electron chi connectivity index (χ3n) is 7.75. The van der Waals surface area contributed by atoms with E-state index in [9.17, 15) is 4.79 Å². The number of anilines is 1. The third-order valence-corrected chi connectivity index (χ3v) is 7.75. The zero-order chi connectivity index (χ0) is 25.7. The van der Waals surface area contributed by atoms with Crippen molar-refractivity contribution in [2.45, 2.75) is 31.8 Å². The average molecular weight is 494 g/mol. The monoisotopic (exact) mass is 493 g/mol. The molecule has 0 aromatic heterocycles. The Bertz CT molecular complexity index is 1540. The molecule has 1 aliphatic carbocycles. The first-order chi connectivity index (χ1) is 18.8. The lowest BCUT2D eigenvalue weighted by Gasteiger charge is -2.39. The van der Waals surface area contributed by atoms with Gasteiger partial charge in [-0.25, -0.2) is 0 Å². The lowest BCUT2D eigenvalue weighted by molar-refractivity contribution is 0.112. The molecule has 0 saturated carbocycles. The summed E-state index contributed by atoms with van der Waals surface area (Å²) in [5.41, 5.74) is 10.3. The fourth-order valence-electron chi connectivity index (χ4n) is 5.95. The summed E-state index contributed by atoms with van der Waals surface area (Å²) >= 11 is 0. The molecule has 5 aromatic rings. The van der Waals surface area contributed by atoms with Crippen molar-refractivity contribution in [3.63, 3.8) is 0 Å². The number of carbonyl (C=O) groups excluding carboxylic acids is 1. The molecule has 1 aliphatic rings. The van der Waals surface area contributed by atoms with Gasteiger partial charge in [0, 0.05) is 17.8 Å². The molecular weight excluding hydrogens is 462 g/mol. The van der Waals surface area contributed by atoms with Gasteiger partial charge in [0.05, 0.1) is 6.04 Å². The minimum absolute atomic E-state index is 0.188. The number of carbonyl (C=O) groups is 1. The van der Waals surface area contributed by atoms with Gasteiger partial charge < -0.3 is 4.90 Å². The highest BCUT2D eigenvalue weighted by Crippen LogP contribution is 2.41. The SMILES string of the molecule is O=Cc1c(-c2ccccc2)cccc1N(Cc1ccccc1-c1ccccc1)[C@H]1CCCc2ccccc21. The van der Waals surface area contributed by atoms with Gasteiger partial charge in [0.15, 0.2) is 6.29 Å². The fourth-order valence-corrected chi connectivity index (χ4v) is 5.95. The highest BCUT2D eigenvalue weighted by atomic mass is 16.1. The van der Waals surface area contributed by atoms with Gasteiger partial charge in [-0.3, -0.25) is 4.79 Å². The van der Waals surface area contributed by atoms with E-state index in [1.807, 2.05) is 18.2 Å². The van der Waals surface area contributed by atoms with Gasteiger partial charge in [0.2, 0.25) is 0 Å². The van der Waals surface area contributed by atoms with Crippen LogP contribution in [0, 0.1) is 0 Å². The second kappa shape index (κ2) is 10.9. The van der Waals surface area contributed by atoms with Crippen LogP contribution in [0.1, 0.15) is 45.9 Å². The summed E-state index contributed by atoms with van der Waals surface area (Å²) in [4.78, 5) is 15.3. The molecular formula is C36H31NO. The van der Waals surface area contributed by atoms with Crippen LogP contribution in [0.25, 0.3) is 22.3 Å². The van der Waals surface area contributed by atoms with E-state index in [-0.39, 0.29) is 6.04 Å². The van der Waals surface area contributed by atoms with Gasteiger partial charge in [-0.2, -0.15) is 0 Å². The number of hydrogen-bond acceptors (Lipinski definition) is 2. The van der Waals surface area contributed by atoms with E-state index in [0.29, 0.717) is 6.54 Å². The van der Waals surface area contributed by atoms with Gasteiger partial charge in [-0.1, -0.05) is 121 Å². The molecule has 0 unspecified atom stereocenters. The van der Waals surface area contributed by atoms with Crippen LogP contribution in [0.2, 0.25) is 0 Å². The zero-order valence-corrected chi connectivity index (χ0v) is 21.5. The molecule has 0 saturated heterocycles. The van der Waals surface area contributed by atoms with E-state index in [1.165, 1.54) is 27.8 Å². The molecule has 186 valence electrons. The number of nitrogens with zero attached hydrogens (tertiary/aromatic N) is 1. The zero-order valence-electron chi connectivity index (χ0n) is 21.5. The Balaban J connectivity index is 1.52. The number of aryl methyl sites for hydroxylation is 1. The molecule has 1 atom stereocenters. The van der Waals surface area contributed by atoms with Crippen molar-refractivity contribution in [3.05, 3.63) is 150 Å². The molecule has 0 bridgehead atoms. The summed E-state index contributed by atoms with van der Waals surface area (Å²) in [5, 5.41) is 0. The first kappa shape index (κ1) is 23.9. The van der Waals surface area contributed by atoms with Crippen LogP contribution in [-0.2, 0) is 13.0 Å². The summed E-state index contributed by atoms with van der Waals surface area (Å²) < 4.78 is 0. The van der Waals surface area contributed by atoms with E-state index in [4.69, 9.17) is 0 Å². The third kappa shape index (κ3) is 4.66. The van der Waals surface area contributed by atoms with Gasteiger partial charge in [0.1, 0.15) is 0 Å². The summed E-state index contributed by atoms with van der Waals surface area (Å²) in [6, 6.07) is 44.8. The summed E-state index contributed by atoms with van der Waals surface area (Å²) in [6.07, 6.45) is 4.33. The van der Waals surface area contributed by atoms with Gasteiger partial charge in [0.25, 0.3) is 0 Å². The van der Waals surface area contributed by atoms with Crippen molar-refractivity contribution in [3.8, 4) is 22.3 Å². The Morgan fingerprint density at radius 2 is 1.29 bits per heavy atom. The summed E-state index contributed by atoms with van der Waals surface area (Å²) in [6.45, 7) is 0.711. The Kier molecular flexibility index (Phi) is 6.87. The normalized spacial score (nSPS) is 14.5. The first-order valence-corrected chi connectivity index (χ1v) is 13.4. The van der Waals surface area contributed by atoms with Gasteiger partial charge >= 0.3 is 0 Å². The van der Waals surface area contributed by atoms with Crippen LogP contribution in [0.5, 0.6) is 0 Å². The maximum Gasteiger partial charge on any atom is 0.152 e. The Morgan fingerprint density at radius 1 is 0.658 bits per heavy atom. The molecule has 0 amide bonds. The van der Waals surface area contributed by atoms with Crippen LogP contribution < -0.4 is 4.90 Å². The molecule has 0 N–H and O–H groups in total. The number of hydrogen-bond donors (Lipinski definition) is 0. The molecule has 38 heavy (non-hydrogen) atoms. The highest BCUT2D eigenvalue weighted by molar-refractivity contribution is 5.95. The number of rotatable bonds is 7. The smallest absolute Gasteiger partial charge is 0.152 e. The lowest BCUT2D eigenvalue weighted by atomic mass is 9.85. The highest BCUT2D eigenvalue weighted by Gasteiger charge is 2.29. The maximum atomic E-state index is 12.8. The Hall–Kier alpha value is -4.43. The van der Waals surface area contributed by atoms with Crippen LogP contribution >= 0.6 is 0 Å². The fraction of sp³-hybridized carbons (Fsp3) is 0.139. The largest absolute Gasteiger partial charge is 0.360 e. The maximum absolute atomic E-state index is 12.8. The van der Waals surface area contributed by atoms with E-state index in [1.54, 1.807) is 0 Å². The van der Waals surface area contributed by atoms with Gasteiger partial charge in [-0.05, 0) is 64.3 Å². The van der Waals surface area contributed by atoms with Crippen molar-refractivity contribution < 1.29 is 4.79 Å². The first-order valence-electron chi connectivity index (χ1n) is 13.4. The van der Waals surface area contributed by atoms with Crippen molar-refractivity contribution in [2.24, 2.45) is 0 Å². The molecule has 6 rings (SSSR count). The van der Waals surface area contributed by atoms with Crippen molar-refractivity contribution >= 4 is 12.0 Å². The second-order valence-corrected chi connectivity index (χ2v) is 9.98. The Labute approximate surface area is 225 Å². The van der Waals surface area contributed by atoms with Crippen molar-refractivity contribution in [2.75, 3.05) is 4.90 Å². The number of benzene rings is 5. The molecule has 0 fully saturated rings. The molecule has 0 radical (unpaired) electrons.